The van der Waals surface area contributed by atoms with Crippen molar-refractivity contribution in [1.82, 2.24) is 10.6 Å². The van der Waals surface area contributed by atoms with Crippen LogP contribution in [0.2, 0.25) is 0 Å². The SMILES string of the molecule is COC(=O)[C@@H](CCc1ccccc1)NC(=O)[C@@H](CC(=O)O)NCCCc1ccc(OC)c(O)c1. The van der Waals surface area contributed by atoms with Crippen molar-refractivity contribution in [1.29, 1.82) is 0 Å². The zero-order valence-corrected chi connectivity index (χ0v) is 19.5. The van der Waals surface area contributed by atoms with Gasteiger partial charge in [0.2, 0.25) is 5.91 Å². The first-order chi connectivity index (χ1) is 16.3. The summed E-state index contributed by atoms with van der Waals surface area (Å²) in [7, 11) is 2.71. The number of phenols is 1. The largest absolute Gasteiger partial charge is 0.504 e. The molecule has 0 saturated heterocycles. The third kappa shape index (κ3) is 8.74. The van der Waals surface area contributed by atoms with Gasteiger partial charge in [-0.25, -0.2) is 4.79 Å². The van der Waals surface area contributed by atoms with Gasteiger partial charge in [-0.15, -0.1) is 0 Å². The number of carbonyl (C=O) groups excluding carboxylic acids is 2. The van der Waals surface area contributed by atoms with Crippen molar-refractivity contribution >= 4 is 17.8 Å². The molecular formula is C25H32N2O7. The Hall–Kier alpha value is -3.59. The van der Waals surface area contributed by atoms with E-state index in [1.54, 1.807) is 12.1 Å². The van der Waals surface area contributed by atoms with E-state index in [-0.39, 0.29) is 5.75 Å². The molecule has 2 atom stereocenters. The first-order valence-electron chi connectivity index (χ1n) is 11.1. The highest BCUT2D eigenvalue weighted by Gasteiger charge is 2.27. The monoisotopic (exact) mass is 472 g/mol. The molecule has 9 nitrogen and oxygen atoms in total. The Morgan fingerprint density at radius 2 is 1.71 bits per heavy atom. The zero-order chi connectivity index (χ0) is 24.9. The van der Waals surface area contributed by atoms with Gasteiger partial charge in [0.15, 0.2) is 11.5 Å². The van der Waals surface area contributed by atoms with Crippen molar-refractivity contribution in [3.05, 3.63) is 59.7 Å². The number of esters is 1. The van der Waals surface area contributed by atoms with Crippen LogP contribution in [0.3, 0.4) is 0 Å². The van der Waals surface area contributed by atoms with Gasteiger partial charge in [-0.1, -0.05) is 36.4 Å². The highest BCUT2D eigenvalue weighted by Crippen LogP contribution is 2.26. The molecule has 2 aromatic rings. The van der Waals surface area contributed by atoms with Crippen LogP contribution in [0.4, 0.5) is 0 Å². The van der Waals surface area contributed by atoms with Gasteiger partial charge in [0, 0.05) is 0 Å². The van der Waals surface area contributed by atoms with Crippen LogP contribution in [0.15, 0.2) is 48.5 Å². The van der Waals surface area contributed by atoms with Crippen LogP contribution in [0.1, 0.15) is 30.4 Å². The lowest BCUT2D eigenvalue weighted by Crippen LogP contribution is -2.51. The molecule has 2 rings (SSSR count). The Balaban J connectivity index is 1.92. The summed E-state index contributed by atoms with van der Waals surface area (Å²) in [5.41, 5.74) is 1.89. The molecule has 0 aliphatic heterocycles. The summed E-state index contributed by atoms with van der Waals surface area (Å²) in [5.74, 6) is -1.87. The Bertz CT molecular complexity index is 950. The zero-order valence-electron chi connectivity index (χ0n) is 19.5. The van der Waals surface area contributed by atoms with Gasteiger partial charge in [0.25, 0.3) is 0 Å². The summed E-state index contributed by atoms with van der Waals surface area (Å²) >= 11 is 0. The Morgan fingerprint density at radius 3 is 2.32 bits per heavy atom. The number of carboxylic acid groups (broad SMARTS) is 1. The maximum absolute atomic E-state index is 12.8. The number of aliphatic carboxylic acids is 1. The Labute approximate surface area is 199 Å². The molecule has 4 N–H and O–H groups in total. The van der Waals surface area contributed by atoms with Gasteiger partial charge in [-0.05, 0) is 55.5 Å². The number of rotatable bonds is 14. The number of hydrogen-bond acceptors (Lipinski definition) is 7. The van der Waals surface area contributed by atoms with E-state index < -0.39 is 36.4 Å². The van der Waals surface area contributed by atoms with Gasteiger partial charge in [-0.2, -0.15) is 0 Å². The molecule has 0 aromatic heterocycles. The van der Waals surface area contributed by atoms with Crippen molar-refractivity contribution < 1.29 is 34.1 Å². The summed E-state index contributed by atoms with van der Waals surface area (Å²) < 4.78 is 9.84. The molecule has 0 heterocycles. The van der Waals surface area contributed by atoms with Crippen molar-refractivity contribution in [3.63, 3.8) is 0 Å². The number of ether oxygens (including phenoxy) is 2. The molecular weight excluding hydrogens is 440 g/mol. The lowest BCUT2D eigenvalue weighted by atomic mass is 10.0. The van der Waals surface area contributed by atoms with E-state index in [0.29, 0.717) is 38.0 Å². The summed E-state index contributed by atoms with van der Waals surface area (Å²) in [5, 5.41) is 24.7. The highest BCUT2D eigenvalue weighted by atomic mass is 16.5. The van der Waals surface area contributed by atoms with Crippen LogP contribution in [0, 0.1) is 0 Å². The molecule has 0 aliphatic rings. The van der Waals surface area contributed by atoms with Crippen LogP contribution in [-0.4, -0.2) is 60.9 Å². The number of carbonyl (C=O) groups is 3. The molecule has 0 fully saturated rings. The van der Waals surface area contributed by atoms with E-state index in [4.69, 9.17) is 9.47 Å². The normalized spacial score (nSPS) is 12.4. The second kappa shape index (κ2) is 13.8. The van der Waals surface area contributed by atoms with Gasteiger partial charge >= 0.3 is 11.9 Å². The fraction of sp³-hybridized carbons (Fsp3) is 0.400. The predicted octanol–water partition coefficient (Wildman–Crippen LogP) is 2.06. The van der Waals surface area contributed by atoms with E-state index in [9.17, 15) is 24.6 Å². The minimum absolute atomic E-state index is 0.0421. The molecule has 184 valence electrons. The fourth-order valence-corrected chi connectivity index (χ4v) is 3.51. The number of aromatic hydroxyl groups is 1. The summed E-state index contributed by atoms with van der Waals surface area (Å²) in [4.78, 5) is 36.3. The smallest absolute Gasteiger partial charge is 0.328 e. The van der Waals surface area contributed by atoms with Crippen LogP contribution in [-0.2, 0) is 32.0 Å². The van der Waals surface area contributed by atoms with Crippen LogP contribution in [0.5, 0.6) is 11.5 Å². The fourth-order valence-electron chi connectivity index (χ4n) is 3.51. The third-order valence-electron chi connectivity index (χ3n) is 5.34. The van der Waals surface area contributed by atoms with E-state index in [1.807, 2.05) is 36.4 Å². The van der Waals surface area contributed by atoms with Crippen LogP contribution in [0.25, 0.3) is 0 Å². The number of nitrogens with one attached hydrogen (secondary N) is 2. The quantitative estimate of drug-likeness (QED) is 0.242. The standard InChI is InChI=1S/C25H32N2O7/c1-33-22-13-11-18(15-21(22)28)9-6-14-26-20(16-23(29)30)24(31)27-19(25(32)34-2)12-10-17-7-4-3-5-8-17/h3-5,7-8,11,13,15,19-20,26,28H,6,9-10,12,14,16H2,1-2H3,(H,27,31)(H,29,30)/t19-,20-/m1/s1. The van der Waals surface area contributed by atoms with Crippen molar-refractivity contribution in [2.45, 2.75) is 44.2 Å². The second-order valence-electron chi connectivity index (χ2n) is 7.82. The van der Waals surface area contributed by atoms with E-state index >= 15 is 0 Å². The minimum atomic E-state index is -1.13. The number of methoxy groups -OCH3 is 2. The molecule has 9 heteroatoms. The average molecular weight is 473 g/mol. The van der Waals surface area contributed by atoms with Gasteiger partial charge < -0.3 is 30.3 Å². The predicted molar refractivity (Wildman–Crippen MR) is 126 cm³/mol. The summed E-state index contributed by atoms with van der Waals surface area (Å²) in [6.07, 6.45) is 1.65. The number of phenolic OH excluding ortho intramolecular Hbond substituents is 1. The topological polar surface area (TPSA) is 134 Å². The summed E-state index contributed by atoms with van der Waals surface area (Å²) in [6, 6.07) is 12.7. The average Bonchev–Trinajstić information content (AvgIpc) is 2.83. The van der Waals surface area contributed by atoms with Crippen molar-refractivity contribution in [2.75, 3.05) is 20.8 Å². The van der Waals surface area contributed by atoms with E-state index in [2.05, 4.69) is 10.6 Å². The molecule has 0 bridgehead atoms. The summed E-state index contributed by atoms with van der Waals surface area (Å²) in [6.45, 7) is 0.366. The minimum Gasteiger partial charge on any atom is -0.504 e. The molecule has 1 amide bonds. The first-order valence-corrected chi connectivity index (χ1v) is 11.1. The molecule has 0 radical (unpaired) electrons. The maximum Gasteiger partial charge on any atom is 0.328 e. The number of hydrogen-bond donors (Lipinski definition) is 4. The molecule has 34 heavy (non-hydrogen) atoms. The van der Waals surface area contributed by atoms with E-state index in [0.717, 1.165) is 11.1 Å². The molecule has 2 aromatic carbocycles. The number of benzene rings is 2. The van der Waals surface area contributed by atoms with Crippen molar-refractivity contribution in [2.24, 2.45) is 0 Å². The number of carboxylic acids is 1. The molecule has 0 aliphatic carbocycles. The molecule has 0 unspecified atom stereocenters. The van der Waals surface area contributed by atoms with Gasteiger partial charge in [0.1, 0.15) is 6.04 Å². The van der Waals surface area contributed by atoms with Gasteiger partial charge in [-0.3, -0.25) is 9.59 Å². The van der Waals surface area contributed by atoms with Crippen molar-refractivity contribution in [3.8, 4) is 11.5 Å². The molecule has 0 spiro atoms. The lowest BCUT2D eigenvalue weighted by Gasteiger charge is -2.21. The number of aryl methyl sites for hydroxylation is 2. The van der Waals surface area contributed by atoms with Gasteiger partial charge in [0.05, 0.1) is 26.7 Å². The van der Waals surface area contributed by atoms with Crippen LogP contribution < -0.4 is 15.4 Å². The maximum atomic E-state index is 12.8. The second-order valence-corrected chi connectivity index (χ2v) is 7.82. The highest BCUT2D eigenvalue weighted by molar-refractivity contribution is 5.90. The van der Waals surface area contributed by atoms with E-state index in [1.165, 1.54) is 14.2 Å². The third-order valence-corrected chi connectivity index (χ3v) is 5.34. The Morgan fingerprint density at radius 1 is 0.971 bits per heavy atom. The Kier molecular flexibility index (Phi) is 10.9. The first kappa shape index (κ1) is 26.7. The number of amides is 1. The lowest BCUT2D eigenvalue weighted by molar-refractivity contribution is -0.145. The van der Waals surface area contributed by atoms with Crippen LogP contribution >= 0.6 is 0 Å². The molecule has 0 saturated carbocycles.